The standard InChI is InChI=1S/C20H23N7O2/c28-20(17-13-21-5-6-22-17)26-7-3-15(4-8-26)19-23-18-2-1-16(14-27(18)24-19)25-9-11-29-12-10-25/h1-2,5-6,13-15H,3-4,7-12H2. The molecule has 0 aliphatic carbocycles. The van der Waals surface area contributed by atoms with Gasteiger partial charge in [0, 0.05) is 44.5 Å². The number of carbonyl (C=O) groups excluding carboxylic acids is 1. The Kier molecular flexibility index (Phi) is 4.81. The normalized spacial score (nSPS) is 18.3. The molecule has 2 aliphatic rings. The third-order valence-corrected chi connectivity index (χ3v) is 5.64. The number of piperidine rings is 1. The van der Waals surface area contributed by atoms with Crippen molar-refractivity contribution in [3.05, 3.63) is 48.4 Å². The number of carbonyl (C=O) groups is 1. The Bertz CT molecular complexity index is 992. The quantitative estimate of drug-likeness (QED) is 0.664. The number of pyridine rings is 1. The van der Waals surface area contributed by atoms with Gasteiger partial charge in [-0.2, -0.15) is 5.10 Å². The third-order valence-electron chi connectivity index (χ3n) is 5.64. The molecule has 3 aromatic rings. The molecular weight excluding hydrogens is 370 g/mol. The molecule has 29 heavy (non-hydrogen) atoms. The van der Waals surface area contributed by atoms with Crippen LogP contribution in [0.15, 0.2) is 36.9 Å². The summed E-state index contributed by atoms with van der Waals surface area (Å²) in [5.41, 5.74) is 2.39. The molecule has 3 aromatic heterocycles. The number of aromatic nitrogens is 5. The molecule has 9 heteroatoms. The SMILES string of the molecule is O=C(c1cnccn1)N1CCC(c2nc3ccc(N4CCOCC4)cn3n2)CC1. The Hall–Kier alpha value is -3.07. The highest BCUT2D eigenvalue weighted by atomic mass is 16.5. The molecule has 9 nitrogen and oxygen atoms in total. The lowest BCUT2D eigenvalue weighted by molar-refractivity contribution is 0.0704. The summed E-state index contributed by atoms with van der Waals surface area (Å²) in [6, 6.07) is 4.12. The molecule has 0 bridgehead atoms. The number of hydrogen-bond donors (Lipinski definition) is 0. The van der Waals surface area contributed by atoms with Crippen molar-refractivity contribution in [1.29, 1.82) is 0 Å². The monoisotopic (exact) mass is 393 g/mol. The molecule has 2 saturated heterocycles. The van der Waals surface area contributed by atoms with Gasteiger partial charge in [-0.05, 0) is 25.0 Å². The number of anilines is 1. The molecule has 2 aliphatic heterocycles. The van der Waals surface area contributed by atoms with Gasteiger partial charge in [-0.1, -0.05) is 0 Å². The number of rotatable bonds is 3. The van der Waals surface area contributed by atoms with Crippen molar-refractivity contribution in [2.75, 3.05) is 44.3 Å². The number of fused-ring (bicyclic) bond motifs is 1. The number of nitrogens with zero attached hydrogens (tertiary/aromatic N) is 7. The summed E-state index contributed by atoms with van der Waals surface area (Å²) >= 11 is 0. The van der Waals surface area contributed by atoms with Gasteiger partial charge >= 0.3 is 0 Å². The first-order chi connectivity index (χ1) is 14.3. The van der Waals surface area contributed by atoms with Gasteiger partial charge < -0.3 is 14.5 Å². The van der Waals surface area contributed by atoms with Crippen LogP contribution < -0.4 is 4.90 Å². The predicted octanol–water partition coefficient (Wildman–Crippen LogP) is 1.38. The van der Waals surface area contributed by atoms with Crippen molar-refractivity contribution in [2.24, 2.45) is 0 Å². The molecule has 0 atom stereocenters. The zero-order chi connectivity index (χ0) is 19.6. The van der Waals surface area contributed by atoms with Crippen LogP contribution in [0.3, 0.4) is 0 Å². The first kappa shape index (κ1) is 18.0. The van der Waals surface area contributed by atoms with Crippen molar-refractivity contribution in [2.45, 2.75) is 18.8 Å². The number of hydrogen-bond acceptors (Lipinski definition) is 7. The van der Waals surface area contributed by atoms with Crippen molar-refractivity contribution in [3.8, 4) is 0 Å². The molecule has 150 valence electrons. The fraction of sp³-hybridized carbons (Fsp3) is 0.450. The van der Waals surface area contributed by atoms with Crippen LogP contribution in [0.25, 0.3) is 5.65 Å². The van der Waals surface area contributed by atoms with Crippen LogP contribution in [0.2, 0.25) is 0 Å². The van der Waals surface area contributed by atoms with Gasteiger partial charge in [0.2, 0.25) is 0 Å². The van der Waals surface area contributed by atoms with Crippen LogP contribution >= 0.6 is 0 Å². The van der Waals surface area contributed by atoms with Gasteiger partial charge in [-0.3, -0.25) is 9.78 Å². The molecule has 0 saturated carbocycles. The van der Waals surface area contributed by atoms with Gasteiger partial charge in [-0.25, -0.2) is 14.5 Å². The molecule has 2 fully saturated rings. The molecule has 1 amide bonds. The second-order valence-electron chi connectivity index (χ2n) is 7.42. The highest BCUT2D eigenvalue weighted by molar-refractivity contribution is 5.92. The minimum atomic E-state index is -0.0605. The maximum atomic E-state index is 12.5. The van der Waals surface area contributed by atoms with Crippen LogP contribution in [0.4, 0.5) is 5.69 Å². The van der Waals surface area contributed by atoms with E-state index in [0.717, 1.165) is 56.3 Å². The number of likely N-dealkylation sites (tertiary alicyclic amines) is 1. The van der Waals surface area contributed by atoms with Gasteiger partial charge in [0.05, 0.1) is 31.3 Å². The van der Waals surface area contributed by atoms with E-state index in [4.69, 9.17) is 14.8 Å². The second-order valence-corrected chi connectivity index (χ2v) is 7.42. The number of morpholine rings is 1. The molecule has 0 unspecified atom stereocenters. The maximum Gasteiger partial charge on any atom is 0.274 e. The van der Waals surface area contributed by atoms with E-state index in [-0.39, 0.29) is 11.8 Å². The molecule has 5 heterocycles. The van der Waals surface area contributed by atoms with Crippen molar-refractivity contribution >= 4 is 17.2 Å². The summed E-state index contributed by atoms with van der Waals surface area (Å²) < 4.78 is 7.31. The topological polar surface area (TPSA) is 88.8 Å². The van der Waals surface area contributed by atoms with Crippen molar-refractivity contribution in [1.82, 2.24) is 29.5 Å². The van der Waals surface area contributed by atoms with E-state index in [0.29, 0.717) is 18.8 Å². The zero-order valence-electron chi connectivity index (χ0n) is 16.1. The molecule has 5 rings (SSSR count). The number of amides is 1. The van der Waals surface area contributed by atoms with E-state index >= 15 is 0 Å². The summed E-state index contributed by atoms with van der Waals surface area (Å²) in [4.78, 5) is 29.5. The Morgan fingerprint density at radius 2 is 1.90 bits per heavy atom. The van der Waals surface area contributed by atoms with Gasteiger partial charge in [0.25, 0.3) is 5.91 Å². The molecule has 0 radical (unpaired) electrons. The number of ether oxygens (including phenoxy) is 1. The van der Waals surface area contributed by atoms with E-state index in [1.807, 2.05) is 21.7 Å². The van der Waals surface area contributed by atoms with E-state index in [2.05, 4.69) is 20.9 Å². The van der Waals surface area contributed by atoms with Crippen LogP contribution in [0.1, 0.15) is 35.1 Å². The third kappa shape index (κ3) is 3.65. The summed E-state index contributed by atoms with van der Waals surface area (Å²) in [7, 11) is 0. The Labute approximate surface area is 168 Å². The Balaban J connectivity index is 1.27. The predicted molar refractivity (Wildman–Crippen MR) is 106 cm³/mol. The summed E-state index contributed by atoms with van der Waals surface area (Å²) in [6.45, 7) is 4.65. The van der Waals surface area contributed by atoms with E-state index in [9.17, 15) is 4.79 Å². The average molecular weight is 393 g/mol. The Morgan fingerprint density at radius 3 is 2.66 bits per heavy atom. The second kappa shape index (κ2) is 7.75. The van der Waals surface area contributed by atoms with E-state index < -0.39 is 0 Å². The van der Waals surface area contributed by atoms with Crippen LogP contribution in [0, 0.1) is 0 Å². The lowest BCUT2D eigenvalue weighted by Crippen LogP contribution is -2.38. The first-order valence-electron chi connectivity index (χ1n) is 10.0. The first-order valence-corrected chi connectivity index (χ1v) is 10.0. The van der Waals surface area contributed by atoms with Gasteiger partial charge in [-0.15, -0.1) is 0 Å². The average Bonchev–Trinajstić information content (AvgIpc) is 3.23. The molecule has 0 N–H and O–H groups in total. The fourth-order valence-electron chi connectivity index (χ4n) is 3.98. The van der Waals surface area contributed by atoms with Crippen LogP contribution in [-0.4, -0.2) is 74.8 Å². The molecule has 0 aromatic carbocycles. The van der Waals surface area contributed by atoms with Crippen molar-refractivity contribution < 1.29 is 9.53 Å². The van der Waals surface area contributed by atoms with E-state index in [1.54, 1.807) is 12.4 Å². The molecular formula is C20H23N7O2. The lowest BCUT2D eigenvalue weighted by Gasteiger charge is -2.30. The van der Waals surface area contributed by atoms with Gasteiger partial charge in [0.1, 0.15) is 5.69 Å². The summed E-state index contributed by atoms with van der Waals surface area (Å²) in [5, 5.41) is 4.74. The van der Waals surface area contributed by atoms with Crippen LogP contribution in [0.5, 0.6) is 0 Å². The fourth-order valence-corrected chi connectivity index (χ4v) is 3.98. The van der Waals surface area contributed by atoms with Crippen molar-refractivity contribution in [3.63, 3.8) is 0 Å². The lowest BCUT2D eigenvalue weighted by atomic mass is 9.96. The minimum absolute atomic E-state index is 0.0605. The smallest absolute Gasteiger partial charge is 0.274 e. The molecule has 0 spiro atoms. The highest BCUT2D eigenvalue weighted by Crippen LogP contribution is 2.27. The zero-order valence-corrected chi connectivity index (χ0v) is 16.1. The summed E-state index contributed by atoms with van der Waals surface area (Å²) in [6.07, 6.45) is 8.38. The van der Waals surface area contributed by atoms with E-state index in [1.165, 1.54) is 6.20 Å². The maximum absolute atomic E-state index is 12.5. The van der Waals surface area contributed by atoms with Gasteiger partial charge in [0.15, 0.2) is 11.5 Å². The highest BCUT2D eigenvalue weighted by Gasteiger charge is 2.27. The largest absolute Gasteiger partial charge is 0.378 e. The minimum Gasteiger partial charge on any atom is -0.378 e. The summed E-state index contributed by atoms with van der Waals surface area (Å²) in [5.74, 6) is 1.05. The Morgan fingerprint density at radius 1 is 1.07 bits per heavy atom. The van der Waals surface area contributed by atoms with Crippen LogP contribution in [-0.2, 0) is 4.74 Å².